The molecule has 1 aromatic carbocycles. The third kappa shape index (κ3) is 4.60. The van der Waals surface area contributed by atoms with Crippen LogP contribution in [0.3, 0.4) is 0 Å². The van der Waals surface area contributed by atoms with E-state index in [0.29, 0.717) is 24.2 Å². The lowest BCUT2D eigenvalue weighted by molar-refractivity contribution is -0.128. The zero-order chi connectivity index (χ0) is 17.0. The van der Waals surface area contributed by atoms with E-state index in [1.165, 1.54) is 18.4 Å². The molecule has 2 atom stereocenters. The predicted molar refractivity (Wildman–Crippen MR) is 88.2 cm³/mol. The smallest absolute Gasteiger partial charge is 0.249 e. The fourth-order valence-electron chi connectivity index (χ4n) is 2.67. The number of halogens is 1. The Bertz CT molecular complexity index is 636. The van der Waals surface area contributed by atoms with Gasteiger partial charge in [-0.05, 0) is 43.5 Å². The molecule has 1 aliphatic heterocycles. The summed E-state index contributed by atoms with van der Waals surface area (Å²) in [5.41, 5.74) is 1.36. The molecule has 2 unspecified atom stereocenters. The van der Waals surface area contributed by atoms with Gasteiger partial charge >= 0.3 is 0 Å². The Kier molecular flexibility index (Phi) is 5.87. The lowest BCUT2D eigenvalue weighted by Crippen LogP contribution is -2.52. The van der Waals surface area contributed by atoms with Crippen molar-refractivity contribution in [1.82, 2.24) is 5.32 Å². The highest BCUT2D eigenvalue weighted by molar-refractivity contribution is 7.84. The van der Waals surface area contributed by atoms with Crippen LogP contribution < -0.4 is 10.2 Å². The molecule has 5 nitrogen and oxygen atoms in total. The first-order chi connectivity index (χ1) is 10.9. The summed E-state index contributed by atoms with van der Waals surface area (Å²) in [6.45, 7) is 2.31. The van der Waals surface area contributed by atoms with Gasteiger partial charge in [-0.25, -0.2) is 4.39 Å². The fourth-order valence-corrected chi connectivity index (χ4v) is 3.15. The molecule has 7 heteroatoms. The van der Waals surface area contributed by atoms with Gasteiger partial charge in [0.2, 0.25) is 11.8 Å². The maximum atomic E-state index is 13.2. The van der Waals surface area contributed by atoms with Crippen molar-refractivity contribution >= 4 is 28.3 Å². The number of piperidine rings is 1. The van der Waals surface area contributed by atoms with Crippen LogP contribution in [0.15, 0.2) is 18.2 Å². The van der Waals surface area contributed by atoms with E-state index in [1.54, 1.807) is 17.9 Å². The fraction of sp³-hybridized carbons (Fsp3) is 0.500. The Morgan fingerprint density at radius 1 is 1.48 bits per heavy atom. The number of rotatable bonds is 5. The molecule has 2 amide bonds. The number of nitrogens with zero attached hydrogens (tertiary/aromatic N) is 1. The summed E-state index contributed by atoms with van der Waals surface area (Å²) >= 11 is 0. The van der Waals surface area contributed by atoms with Crippen LogP contribution in [0, 0.1) is 12.7 Å². The molecular formula is C16H21FN2O3S. The van der Waals surface area contributed by atoms with Crippen LogP contribution in [0.4, 0.5) is 10.1 Å². The Morgan fingerprint density at radius 3 is 2.87 bits per heavy atom. The van der Waals surface area contributed by atoms with Crippen LogP contribution in [-0.4, -0.2) is 40.6 Å². The van der Waals surface area contributed by atoms with Crippen LogP contribution in [0.1, 0.15) is 24.8 Å². The molecule has 1 N–H and O–H groups in total. The minimum Gasteiger partial charge on any atom is -0.344 e. The number of nitrogens with one attached hydrogen (secondary N) is 1. The van der Waals surface area contributed by atoms with Gasteiger partial charge in [0.25, 0.3) is 0 Å². The van der Waals surface area contributed by atoms with Gasteiger partial charge < -0.3 is 10.2 Å². The molecule has 0 aromatic heterocycles. The van der Waals surface area contributed by atoms with Crippen LogP contribution in [0.2, 0.25) is 0 Å². The first-order valence-electron chi connectivity index (χ1n) is 7.55. The number of amides is 2. The van der Waals surface area contributed by atoms with Crippen molar-refractivity contribution in [2.24, 2.45) is 0 Å². The van der Waals surface area contributed by atoms with Gasteiger partial charge in [-0.3, -0.25) is 13.8 Å². The lowest BCUT2D eigenvalue weighted by Gasteiger charge is -2.33. The van der Waals surface area contributed by atoms with E-state index >= 15 is 0 Å². The molecule has 0 saturated carbocycles. The van der Waals surface area contributed by atoms with Crippen LogP contribution >= 0.6 is 0 Å². The third-order valence-corrected chi connectivity index (χ3v) is 4.62. The molecule has 0 radical (unpaired) electrons. The van der Waals surface area contributed by atoms with Crippen molar-refractivity contribution < 1.29 is 18.2 Å². The summed E-state index contributed by atoms with van der Waals surface area (Å²) in [6, 6.07) is 3.73. The van der Waals surface area contributed by atoms with Crippen LogP contribution in [0.5, 0.6) is 0 Å². The summed E-state index contributed by atoms with van der Waals surface area (Å²) < 4.78 is 24.3. The highest BCUT2D eigenvalue weighted by Crippen LogP contribution is 2.25. The molecule has 1 heterocycles. The predicted octanol–water partition coefficient (Wildman–Crippen LogP) is 1.51. The monoisotopic (exact) mass is 340 g/mol. The van der Waals surface area contributed by atoms with E-state index in [-0.39, 0.29) is 29.8 Å². The van der Waals surface area contributed by atoms with Crippen molar-refractivity contribution in [2.75, 3.05) is 23.5 Å². The molecule has 1 saturated heterocycles. The molecule has 0 bridgehead atoms. The van der Waals surface area contributed by atoms with Gasteiger partial charge in [-0.1, -0.05) is 0 Å². The third-order valence-electron chi connectivity index (χ3n) is 3.84. The number of hydrogen-bond donors (Lipinski definition) is 1. The SMILES string of the molecule is Cc1cc(F)ccc1N1CCCC(NC(=O)CCS(C)=O)C1=O. The molecule has 2 rings (SSSR count). The molecule has 0 spiro atoms. The van der Waals surface area contributed by atoms with E-state index in [0.717, 1.165) is 6.42 Å². The lowest BCUT2D eigenvalue weighted by atomic mass is 10.0. The van der Waals surface area contributed by atoms with Gasteiger partial charge in [0.15, 0.2) is 0 Å². The van der Waals surface area contributed by atoms with E-state index in [1.807, 2.05) is 0 Å². The summed E-state index contributed by atoms with van der Waals surface area (Å²) in [5, 5.41) is 2.72. The summed E-state index contributed by atoms with van der Waals surface area (Å²) in [5.74, 6) is -0.505. The molecule has 1 fully saturated rings. The van der Waals surface area contributed by atoms with Gasteiger partial charge in [0, 0.05) is 41.5 Å². The van der Waals surface area contributed by atoms with Crippen molar-refractivity contribution in [3.8, 4) is 0 Å². The average Bonchev–Trinajstić information content (AvgIpc) is 2.48. The second-order valence-electron chi connectivity index (χ2n) is 5.71. The van der Waals surface area contributed by atoms with Crippen molar-refractivity contribution in [3.63, 3.8) is 0 Å². The molecular weight excluding hydrogens is 319 g/mol. The highest BCUT2D eigenvalue weighted by atomic mass is 32.2. The van der Waals surface area contributed by atoms with E-state index in [2.05, 4.69) is 5.32 Å². The zero-order valence-electron chi connectivity index (χ0n) is 13.3. The Balaban J connectivity index is 2.06. The van der Waals surface area contributed by atoms with Gasteiger partial charge in [-0.15, -0.1) is 0 Å². The second-order valence-corrected chi connectivity index (χ2v) is 7.26. The standard InChI is InChI=1S/C16H21FN2O3S/c1-11-10-12(17)5-6-14(11)19-8-3-4-13(16(19)21)18-15(20)7-9-23(2)22/h5-6,10,13H,3-4,7-9H2,1-2H3,(H,18,20). The van der Waals surface area contributed by atoms with Gasteiger partial charge in [-0.2, -0.15) is 0 Å². The number of benzene rings is 1. The van der Waals surface area contributed by atoms with E-state index < -0.39 is 16.8 Å². The topological polar surface area (TPSA) is 66.5 Å². The normalized spacial score (nSPS) is 19.5. The molecule has 1 aliphatic rings. The second kappa shape index (κ2) is 7.68. The Morgan fingerprint density at radius 2 is 2.22 bits per heavy atom. The average molecular weight is 340 g/mol. The number of carbonyl (C=O) groups is 2. The largest absolute Gasteiger partial charge is 0.344 e. The van der Waals surface area contributed by atoms with E-state index in [9.17, 15) is 18.2 Å². The minimum atomic E-state index is -1.04. The first-order valence-corrected chi connectivity index (χ1v) is 9.28. The van der Waals surface area contributed by atoms with Crippen LogP contribution in [0.25, 0.3) is 0 Å². The van der Waals surface area contributed by atoms with Gasteiger partial charge in [0.05, 0.1) is 0 Å². The van der Waals surface area contributed by atoms with Crippen molar-refractivity contribution in [1.29, 1.82) is 0 Å². The number of anilines is 1. The molecule has 126 valence electrons. The zero-order valence-corrected chi connectivity index (χ0v) is 14.1. The molecule has 1 aromatic rings. The maximum Gasteiger partial charge on any atom is 0.249 e. The minimum absolute atomic E-state index is 0.141. The van der Waals surface area contributed by atoms with Crippen LogP contribution in [-0.2, 0) is 20.4 Å². The summed E-state index contributed by atoms with van der Waals surface area (Å²) in [4.78, 5) is 26.0. The maximum absolute atomic E-state index is 13.2. The number of carbonyl (C=O) groups excluding carboxylic acids is 2. The molecule has 0 aliphatic carbocycles. The summed E-state index contributed by atoms with van der Waals surface area (Å²) in [7, 11) is -1.04. The Hall–Kier alpha value is -1.76. The highest BCUT2D eigenvalue weighted by Gasteiger charge is 2.31. The van der Waals surface area contributed by atoms with Crippen molar-refractivity contribution in [2.45, 2.75) is 32.2 Å². The van der Waals surface area contributed by atoms with Gasteiger partial charge in [0.1, 0.15) is 11.9 Å². The quantitative estimate of drug-likeness (QED) is 0.884. The number of aryl methyl sites for hydroxylation is 1. The Labute approximate surface area is 137 Å². The molecule has 23 heavy (non-hydrogen) atoms. The number of hydrogen-bond acceptors (Lipinski definition) is 3. The summed E-state index contributed by atoms with van der Waals surface area (Å²) in [6.07, 6.45) is 3.02. The van der Waals surface area contributed by atoms with E-state index in [4.69, 9.17) is 0 Å². The first kappa shape index (κ1) is 17.6. The van der Waals surface area contributed by atoms with Crippen molar-refractivity contribution in [3.05, 3.63) is 29.6 Å².